The van der Waals surface area contributed by atoms with Crippen molar-refractivity contribution < 1.29 is 0 Å². The summed E-state index contributed by atoms with van der Waals surface area (Å²) in [4.78, 5) is 12.4. The zero-order valence-electron chi connectivity index (χ0n) is 9.52. The Balaban J connectivity index is 2.27. The molecule has 0 amide bonds. The van der Waals surface area contributed by atoms with E-state index < -0.39 is 0 Å². The molecule has 2 rings (SSSR count). The van der Waals surface area contributed by atoms with Gasteiger partial charge in [-0.3, -0.25) is 0 Å². The van der Waals surface area contributed by atoms with Crippen LogP contribution in [0.15, 0.2) is 23.4 Å². The number of anilines is 1. The number of nitrogen functional groups attached to an aromatic ring is 1. The average molecular weight is 301 g/mol. The first kappa shape index (κ1) is 13.4. The van der Waals surface area contributed by atoms with Gasteiger partial charge >= 0.3 is 0 Å². The molecule has 94 valence electrons. The van der Waals surface area contributed by atoms with Crippen molar-refractivity contribution in [2.75, 3.05) is 12.0 Å². The van der Waals surface area contributed by atoms with Crippen molar-refractivity contribution in [3.8, 4) is 0 Å². The average Bonchev–Trinajstić information content (AvgIpc) is 2.33. The van der Waals surface area contributed by atoms with Gasteiger partial charge in [0.1, 0.15) is 5.82 Å². The molecule has 1 aromatic carbocycles. The Hall–Kier alpha value is -1.04. The van der Waals surface area contributed by atoms with Gasteiger partial charge in [0.15, 0.2) is 5.16 Å². The van der Waals surface area contributed by atoms with E-state index in [4.69, 9.17) is 28.9 Å². The van der Waals surface area contributed by atoms with Gasteiger partial charge in [0.25, 0.3) is 0 Å². The van der Waals surface area contributed by atoms with E-state index in [1.165, 1.54) is 11.8 Å². The van der Waals surface area contributed by atoms with E-state index >= 15 is 0 Å². The van der Waals surface area contributed by atoms with Crippen LogP contribution in [0, 0.1) is 0 Å². The van der Waals surface area contributed by atoms with Crippen LogP contribution in [0.5, 0.6) is 0 Å². The lowest BCUT2D eigenvalue weighted by atomic mass is 10.1. The van der Waals surface area contributed by atoms with E-state index in [0.29, 0.717) is 27.4 Å². The third kappa shape index (κ3) is 3.25. The van der Waals surface area contributed by atoms with Crippen molar-refractivity contribution >= 4 is 40.9 Å². The SMILES string of the molecule is CSc1nc(N)nc(Cc2ccc(Cl)c(Cl)c2)n1. The summed E-state index contributed by atoms with van der Waals surface area (Å²) < 4.78 is 0. The predicted molar refractivity (Wildman–Crippen MR) is 75.3 cm³/mol. The van der Waals surface area contributed by atoms with Crippen molar-refractivity contribution in [3.63, 3.8) is 0 Å². The number of hydrogen-bond acceptors (Lipinski definition) is 5. The van der Waals surface area contributed by atoms with Gasteiger partial charge in [-0.05, 0) is 24.0 Å². The highest BCUT2D eigenvalue weighted by molar-refractivity contribution is 7.98. The van der Waals surface area contributed by atoms with Crippen LogP contribution >= 0.6 is 35.0 Å². The summed E-state index contributed by atoms with van der Waals surface area (Å²) in [5.74, 6) is 0.842. The molecular weight excluding hydrogens is 291 g/mol. The van der Waals surface area contributed by atoms with Crippen LogP contribution in [0.25, 0.3) is 0 Å². The van der Waals surface area contributed by atoms with Crippen molar-refractivity contribution in [3.05, 3.63) is 39.6 Å². The number of halogens is 2. The predicted octanol–water partition coefficient (Wildman–Crippen LogP) is 3.07. The van der Waals surface area contributed by atoms with Gasteiger partial charge in [0, 0.05) is 6.42 Å². The second kappa shape index (κ2) is 5.73. The number of benzene rings is 1. The lowest BCUT2D eigenvalue weighted by molar-refractivity contribution is 0.839. The Labute approximate surface area is 119 Å². The van der Waals surface area contributed by atoms with Gasteiger partial charge in [-0.15, -0.1) is 0 Å². The van der Waals surface area contributed by atoms with Crippen LogP contribution in [0.3, 0.4) is 0 Å². The molecule has 18 heavy (non-hydrogen) atoms. The highest BCUT2D eigenvalue weighted by atomic mass is 35.5. The summed E-state index contributed by atoms with van der Waals surface area (Å²) in [5, 5.41) is 1.65. The lowest BCUT2D eigenvalue weighted by Gasteiger charge is -2.04. The maximum absolute atomic E-state index is 5.96. The minimum atomic E-state index is 0.226. The molecule has 0 unspecified atom stereocenters. The number of hydrogen-bond donors (Lipinski definition) is 1. The minimum Gasteiger partial charge on any atom is -0.368 e. The van der Waals surface area contributed by atoms with E-state index in [0.717, 1.165) is 5.56 Å². The summed E-state index contributed by atoms with van der Waals surface area (Å²) in [5.41, 5.74) is 6.59. The zero-order chi connectivity index (χ0) is 13.1. The van der Waals surface area contributed by atoms with Crippen LogP contribution in [0.2, 0.25) is 10.0 Å². The van der Waals surface area contributed by atoms with Crippen molar-refractivity contribution in [1.82, 2.24) is 15.0 Å². The molecule has 7 heteroatoms. The summed E-state index contributed by atoms with van der Waals surface area (Å²) >= 11 is 13.2. The molecule has 0 atom stereocenters. The molecule has 0 bridgehead atoms. The largest absolute Gasteiger partial charge is 0.368 e. The van der Waals surface area contributed by atoms with E-state index in [2.05, 4.69) is 15.0 Å². The van der Waals surface area contributed by atoms with E-state index in [1.54, 1.807) is 12.1 Å². The molecule has 0 aliphatic rings. The van der Waals surface area contributed by atoms with Crippen LogP contribution in [-0.4, -0.2) is 21.2 Å². The number of rotatable bonds is 3. The summed E-state index contributed by atoms with van der Waals surface area (Å²) in [7, 11) is 0. The van der Waals surface area contributed by atoms with Gasteiger partial charge in [-0.25, -0.2) is 4.98 Å². The molecule has 1 aromatic heterocycles. The summed E-state index contributed by atoms with van der Waals surface area (Å²) in [6.07, 6.45) is 2.43. The molecule has 2 aromatic rings. The first-order valence-corrected chi connectivity index (χ1v) is 7.05. The Morgan fingerprint density at radius 2 is 1.94 bits per heavy atom. The van der Waals surface area contributed by atoms with E-state index in [-0.39, 0.29) is 5.95 Å². The molecule has 1 heterocycles. The molecule has 0 aliphatic heterocycles. The minimum absolute atomic E-state index is 0.226. The highest BCUT2D eigenvalue weighted by Gasteiger charge is 2.06. The zero-order valence-corrected chi connectivity index (χ0v) is 11.9. The van der Waals surface area contributed by atoms with Gasteiger partial charge < -0.3 is 5.73 Å². The Morgan fingerprint density at radius 1 is 1.17 bits per heavy atom. The molecular formula is C11H10Cl2N4S. The standard InChI is InChI=1S/C11H10Cl2N4S/c1-18-11-16-9(15-10(14)17-11)5-6-2-3-7(12)8(13)4-6/h2-4H,5H2,1H3,(H2,14,15,16,17). The molecule has 0 saturated carbocycles. The number of thioether (sulfide) groups is 1. The first-order valence-electron chi connectivity index (χ1n) is 5.07. The summed E-state index contributed by atoms with van der Waals surface area (Å²) in [6.45, 7) is 0. The van der Waals surface area contributed by atoms with Crippen molar-refractivity contribution in [1.29, 1.82) is 0 Å². The van der Waals surface area contributed by atoms with Gasteiger partial charge in [0.05, 0.1) is 10.0 Å². The Morgan fingerprint density at radius 3 is 2.61 bits per heavy atom. The van der Waals surface area contributed by atoms with Gasteiger partial charge in [0.2, 0.25) is 5.95 Å². The van der Waals surface area contributed by atoms with Gasteiger partial charge in [-0.2, -0.15) is 9.97 Å². The monoisotopic (exact) mass is 300 g/mol. The number of nitrogens with two attached hydrogens (primary N) is 1. The van der Waals surface area contributed by atoms with Crippen molar-refractivity contribution in [2.24, 2.45) is 0 Å². The Kier molecular flexibility index (Phi) is 4.27. The topological polar surface area (TPSA) is 64.7 Å². The first-order chi connectivity index (χ1) is 8.58. The smallest absolute Gasteiger partial charge is 0.224 e. The fourth-order valence-corrected chi connectivity index (χ4v) is 2.12. The molecule has 4 nitrogen and oxygen atoms in total. The van der Waals surface area contributed by atoms with Crippen molar-refractivity contribution in [2.45, 2.75) is 11.6 Å². The second-order valence-corrected chi connectivity index (χ2v) is 5.11. The maximum Gasteiger partial charge on any atom is 0.224 e. The lowest BCUT2D eigenvalue weighted by Crippen LogP contribution is -2.04. The number of nitrogens with zero attached hydrogens (tertiary/aromatic N) is 3. The molecule has 0 saturated heterocycles. The quantitative estimate of drug-likeness (QED) is 0.883. The number of aromatic nitrogens is 3. The summed E-state index contributed by atoms with van der Waals surface area (Å²) in [6, 6.07) is 5.43. The fourth-order valence-electron chi connectivity index (χ4n) is 1.42. The normalized spacial score (nSPS) is 10.6. The molecule has 0 radical (unpaired) electrons. The fraction of sp³-hybridized carbons (Fsp3) is 0.182. The van der Waals surface area contributed by atoms with Crippen LogP contribution in [0.4, 0.5) is 5.95 Å². The van der Waals surface area contributed by atoms with Crippen LogP contribution in [-0.2, 0) is 6.42 Å². The maximum atomic E-state index is 5.96. The van der Waals surface area contributed by atoms with Crippen LogP contribution < -0.4 is 5.73 Å². The molecule has 0 fully saturated rings. The molecule has 2 N–H and O–H groups in total. The Bertz CT molecular complexity index is 577. The second-order valence-electron chi connectivity index (χ2n) is 3.52. The molecule has 0 spiro atoms. The third-order valence-corrected chi connectivity index (χ3v) is 3.49. The highest BCUT2D eigenvalue weighted by Crippen LogP contribution is 2.23. The van der Waals surface area contributed by atoms with Crippen LogP contribution in [0.1, 0.15) is 11.4 Å². The molecule has 0 aliphatic carbocycles. The third-order valence-electron chi connectivity index (χ3n) is 2.21. The van der Waals surface area contributed by atoms with E-state index in [1.807, 2.05) is 12.3 Å². The van der Waals surface area contributed by atoms with E-state index in [9.17, 15) is 0 Å². The van der Waals surface area contributed by atoms with Gasteiger partial charge in [-0.1, -0.05) is 41.0 Å².